The van der Waals surface area contributed by atoms with Gasteiger partial charge in [0.1, 0.15) is 11.5 Å². The number of phosphoric ester groups is 1. The van der Waals surface area contributed by atoms with Gasteiger partial charge in [0.2, 0.25) is 0 Å². The van der Waals surface area contributed by atoms with Crippen LogP contribution in [0.3, 0.4) is 0 Å². The Bertz CT molecular complexity index is 783. The summed E-state index contributed by atoms with van der Waals surface area (Å²) in [5, 5.41) is 0. The Labute approximate surface area is 146 Å². The van der Waals surface area contributed by atoms with Crippen molar-refractivity contribution in [2.45, 2.75) is 32.1 Å². The molecule has 130 valence electrons. The fraction of sp³-hybridized carbons (Fsp3) is 0.556. The van der Waals surface area contributed by atoms with Crippen LogP contribution >= 0.6 is 7.82 Å². The Balaban J connectivity index is 1.77. The molecule has 24 heavy (non-hydrogen) atoms. The molecule has 0 amide bonds. The van der Waals surface area contributed by atoms with Crippen molar-refractivity contribution in [3.8, 4) is 5.75 Å². The van der Waals surface area contributed by atoms with Crippen molar-refractivity contribution in [1.29, 1.82) is 0 Å². The van der Waals surface area contributed by atoms with Crippen LogP contribution in [-0.4, -0.2) is 16.8 Å². The maximum atomic E-state index is 11.2. The van der Waals surface area contributed by atoms with E-state index in [1.165, 1.54) is 18.6 Å². The summed E-state index contributed by atoms with van der Waals surface area (Å²) in [4.78, 5) is 18.1. The van der Waals surface area contributed by atoms with Gasteiger partial charge >= 0.3 is 7.82 Å². The second kappa shape index (κ2) is 5.91. The molecule has 0 aromatic heterocycles. The second-order valence-electron chi connectivity index (χ2n) is 7.30. The van der Waals surface area contributed by atoms with E-state index in [1.54, 1.807) is 12.1 Å². The molecule has 4 bridgehead atoms. The van der Waals surface area contributed by atoms with Gasteiger partial charge in [0.05, 0.1) is 11.2 Å². The van der Waals surface area contributed by atoms with Crippen LogP contribution in [0.15, 0.2) is 29.8 Å². The third-order valence-electron chi connectivity index (χ3n) is 5.70. The van der Waals surface area contributed by atoms with E-state index in [0.29, 0.717) is 23.2 Å². The van der Waals surface area contributed by atoms with Crippen molar-refractivity contribution in [2.75, 3.05) is 7.04 Å². The molecule has 4 aliphatic rings. The number of rotatable bonds is 4. The summed E-state index contributed by atoms with van der Waals surface area (Å²) in [5.41, 5.74) is 1.55. The third kappa shape index (κ3) is 3.01. The molecule has 0 unspecified atom stereocenters. The Morgan fingerprint density at radius 3 is 2.42 bits per heavy atom. The number of benzene rings is 1. The smallest absolute Gasteiger partial charge is 0.496 e. The highest BCUT2D eigenvalue weighted by Gasteiger charge is 2.46. The summed E-state index contributed by atoms with van der Waals surface area (Å²) in [6, 6.07) is 6.15. The zero-order chi connectivity index (χ0) is 19.4. The standard InChI is InChI=1S/C18H23O5P/c1-22-18(13-3-2-4-16(10-13)23-24(19,20)21)17-14-6-11-5-12(8-14)9-15(17)7-11/h2-4,10-12,14-15H,5-9H2,1H3,(H2,19,20,21)/i1D3. The lowest BCUT2D eigenvalue weighted by Gasteiger charge is -2.51. The highest BCUT2D eigenvalue weighted by molar-refractivity contribution is 7.46. The highest BCUT2D eigenvalue weighted by atomic mass is 31.2. The van der Waals surface area contributed by atoms with Crippen molar-refractivity contribution < 1.29 is 27.7 Å². The molecule has 0 atom stereocenters. The molecule has 2 N–H and O–H groups in total. The van der Waals surface area contributed by atoms with Crippen LogP contribution in [0, 0.1) is 23.7 Å². The fourth-order valence-electron chi connectivity index (χ4n) is 5.18. The van der Waals surface area contributed by atoms with E-state index in [2.05, 4.69) is 4.52 Å². The van der Waals surface area contributed by atoms with Crippen molar-refractivity contribution in [3.05, 3.63) is 35.4 Å². The first-order valence-electron chi connectivity index (χ1n) is 9.86. The molecule has 1 aromatic rings. The van der Waals surface area contributed by atoms with E-state index in [4.69, 9.17) is 18.6 Å². The van der Waals surface area contributed by atoms with Gasteiger partial charge < -0.3 is 9.26 Å². The average Bonchev–Trinajstić information content (AvgIpc) is 2.50. The summed E-state index contributed by atoms with van der Waals surface area (Å²) in [6.07, 6.45) is 5.54. The molecular weight excluding hydrogens is 327 g/mol. The van der Waals surface area contributed by atoms with E-state index in [9.17, 15) is 4.57 Å². The van der Waals surface area contributed by atoms with Crippen LogP contribution in [0.1, 0.15) is 41.8 Å². The maximum Gasteiger partial charge on any atom is 0.524 e. The SMILES string of the molecule is [2H]C([2H])([2H])OC(=C1C2CC3CC(C2)CC1C3)c1cccc(OP(=O)(O)O)c1. The molecule has 5 rings (SSSR count). The van der Waals surface area contributed by atoms with Crippen molar-refractivity contribution in [2.24, 2.45) is 23.7 Å². The van der Waals surface area contributed by atoms with Crippen LogP contribution in [0.5, 0.6) is 5.75 Å². The van der Waals surface area contributed by atoms with Gasteiger partial charge in [-0.3, -0.25) is 9.79 Å². The van der Waals surface area contributed by atoms with Crippen LogP contribution < -0.4 is 4.52 Å². The Morgan fingerprint density at radius 1 is 1.17 bits per heavy atom. The maximum absolute atomic E-state index is 11.2. The Hall–Kier alpha value is -1.29. The van der Waals surface area contributed by atoms with Gasteiger partial charge in [-0.1, -0.05) is 12.1 Å². The monoisotopic (exact) mass is 353 g/mol. The lowest BCUT2D eigenvalue weighted by atomic mass is 9.54. The van der Waals surface area contributed by atoms with Gasteiger partial charge in [-0.25, -0.2) is 4.57 Å². The predicted molar refractivity (Wildman–Crippen MR) is 90.1 cm³/mol. The first-order valence-corrected chi connectivity index (χ1v) is 9.89. The molecule has 0 aliphatic heterocycles. The average molecular weight is 353 g/mol. The van der Waals surface area contributed by atoms with E-state index in [1.807, 2.05) is 0 Å². The number of hydrogen-bond donors (Lipinski definition) is 2. The summed E-state index contributed by atoms with van der Waals surface area (Å²) in [5.74, 6) is 2.40. The number of phosphoric acid groups is 1. The molecule has 0 heterocycles. The number of hydrogen-bond acceptors (Lipinski definition) is 3. The van der Waals surface area contributed by atoms with Crippen molar-refractivity contribution >= 4 is 13.6 Å². The molecule has 4 saturated carbocycles. The zero-order valence-electron chi connectivity index (χ0n) is 16.2. The van der Waals surface area contributed by atoms with Crippen LogP contribution in [0.25, 0.3) is 5.76 Å². The van der Waals surface area contributed by atoms with Crippen molar-refractivity contribution in [1.82, 2.24) is 0 Å². The first kappa shape index (κ1) is 13.0. The quantitative estimate of drug-likeness (QED) is 0.633. The minimum Gasteiger partial charge on any atom is -0.496 e. The predicted octanol–water partition coefficient (Wildman–Crippen LogP) is 3.97. The lowest BCUT2D eigenvalue weighted by molar-refractivity contribution is 0.0675. The van der Waals surface area contributed by atoms with E-state index in [0.717, 1.165) is 43.1 Å². The van der Waals surface area contributed by atoms with Gasteiger partial charge in [-0.05, 0) is 73.5 Å². The van der Waals surface area contributed by atoms with Gasteiger partial charge in [-0.15, -0.1) is 0 Å². The summed E-state index contributed by atoms with van der Waals surface area (Å²) in [6.45, 7) is 0. The summed E-state index contributed by atoms with van der Waals surface area (Å²) >= 11 is 0. The largest absolute Gasteiger partial charge is 0.524 e. The number of ether oxygens (including phenoxy) is 1. The lowest BCUT2D eigenvalue weighted by Crippen LogP contribution is -2.40. The fourth-order valence-corrected chi connectivity index (χ4v) is 5.57. The normalized spacial score (nSPS) is 33.6. The van der Waals surface area contributed by atoms with E-state index < -0.39 is 14.9 Å². The summed E-state index contributed by atoms with van der Waals surface area (Å²) in [7, 11) is -7.30. The molecule has 5 nitrogen and oxygen atoms in total. The molecule has 0 radical (unpaired) electrons. The molecule has 1 aromatic carbocycles. The zero-order valence-corrected chi connectivity index (χ0v) is 14.1. The Kier molecular flexibility index (Phi) is 3.20. The van der Waals surface area contributed by atoms with Crippen LogP contribution in [-0.2, 0) is 9.30 Å². The molecular formula is C18H23O5P. The van der Waals surface area contributed by atoms with E-state index >= 15 is 0 Å². The number of methoxy groups -OCH3 is 1. The van der Waals surface area contributed by atoms with Gasteiger partial charge in [-0.2, -0.15) is 0 Å². The number of allylic oxidation sites excluding steroid dienone is 1. The van der Waals surface area contributed by atoms with Gasteiger partial charge in [0.25, 0.3) is 0 Å². The Morgan fingerprint density at radius 2 is 1.83 bits per heavy atom. The van der Waals surface area contributed by atoms with Gasteiger partial charge in [0, 0.05) is 5.56 Å². The minimum absolute atomic E-state index is 0.0168. The second-order valence-corrected chi connectivity index (χ2v) is 8.46. The van der Waals surface area contributed by atoms with E-state index in [-0.39, 0.29) is 5.75 Å². The highest BCUT2D eigenvalue weighted by Crippen LogP contribution is 2.58. The first-order chi connectivity index (χ1) is 12.6. The van der Waals surface area contributed by atoms with Crippen molar-refractivity contribution in [3.63, 3.8) is 0 Å². The molecule has 4 fully saturated rings. The minimum atomic E-state index is -4.70. The molecule has 0 saturated heterocycles. The van der Waals surface area contributed by atoms with Crippen LogP contribution in [0.4, 0.5) is 0 Å². The molecule has 0 spiro atoms. The third-order valence-corrected chi connectivity index (χ3v) is 6.15. The van der Waals surface area contributed by atoms with Crippen LogP contribution in [0.2, 0.25) is 0 Å². The summed E-state index contributed by atoms with van der Waals surface area (Å²) < 4.78 is 44.1. The molecule has 6 heteroatoms. The molecule has 4 aliphatic carbocycles. The topological polar surface area (TPSA) is 76.0 Å². The van der Waals surface area contributed by atoms with Gasteiger partial charge in [0.15, 0.2) is 0 Å².